The highest BCUT2D eigenvalue weighted by Crippen LogP contribution is 2.18. The fourth-order valence-electron chi connectivity index (χ4n) is 1.65. The molecule has 2 aromatic rings. The molecule has 1 N–H and O–H groups in total. The highest BCUT2D eigenvalue weighted by molar-refractivity contribution is 6.30. The summed E-state index contributed by atoms with van der Waals surface area (Å²) >= 11 is 5.95. The lowest BCUT2D eigenvalue weighted by atomic mass is 10.3. The molecular formula is C14H14ClN3O. The largest absolute Gasteiger partial charge is 0.311 e. The van der Waals surface area contributed by atoms with Crippen molar-refractivity contribution in [3.63, 3.8) is 0 Å². The Morgan fingerprint density at radius 1 is 1.47 bits per heavy atom. The molecule has 0 atom stereocenters. The van der Waals surface area contributed by atoms with Gasteiger partial charge in [0, 0.05) is 17.5 Å². The first kappa shape index (κ1) is 13.4. The summed E-state index contributed by atoms with van der Waals surface area (Å²) in [5.74, 6) is 0.556. The maximum absolute atomic E-state index is 11.7. The van der Waals surface area contributed by atoms with Gasteiger partial charge in [0.15, 0.2) is 0 Å². The van der Waals surface area contributed by atoms with Gasteiger partial charge in [-0.2, -0.15) is 5.10 Å². The lowest BCUT2D eigenvalue weighted by Gasteiger charge is -2.08. The number of halogens is 1. The van der Waals surface area contributed by atoms with Gasteiger partial charge in [0.25, 0.3) is 0 Å². The molecule has 0 spiro atoms. The summed E-state index contributed by atoms with van der Waals surface area (Å²) < 4.78 is 1.64. The fraction of sp³-hybridized carbons (Fsp3) is 0.143. The van der Waals surface area contributed by atoms with Crippen molar-refractivity contribution in [2.75, 3.05) is 5.32 Å². The molecule has 1 aromatic heterocycles. The lowest BCUT2D eigenvalue weighted by molar-refractivity contribution is -0.116. The molecule has 98 valence electrons. The van der Waals surface area contributed by atoms with Crippen molar-refractivity contribution in [2.45, 2.75) is 12.8 Å². The quantitative estimate of drug-likeness (QED) is 0.850. The third-order valence-corrected chi connectivity index (χ3v) is 2.77. The average molecular weight is 276 g/mol. The van der Waals surface area contributed by atoms with Crippen LogP contribution in [-0.2, 0) is 4.79 Å². The van der Waals surface area contributed by atoms with Crippen LogP contribution in [0.1, 0.15) is 12.8 Å². The second kappa shape index (κ2) is 6.20. The second-order valence-electron chi connectivity index (χ2n) is 3.98. The van der Waals surface area contributed by atoms with Crippen molar-refractivity contribution in [1.29, 1.82) is 0 Å². The van der Waals surface area contributed by atoms with Crippen LogP contribution in [0.5, 0.6) is 0 Å². The molecule has 0 saturated heterocycles. The molecule has 19 heavy (non-hydrogen) atoms. The van der Waals surface area contributed by atoms with Crippen molar-refractivity contribution in [3.8, 4) is 5.69 Å². The molecule has 0 aliphatic carbocycles. The van der Waals surface area contributed by atoms with Crippen LogP contribution in [0.2, 0.25) is 5.02 Å². The molecule has 0 unspecified atom stereocenters. The van der Waals surface area contributed by atoms with Gasteiger partial charge >= 0.3 is 0 Å². The van der Waals surface area contributed by atoms with Crippen molar-refractivity contribution >= 4 is 23.3 Å². The van der Waals surface area contributed by atoms with Gasteiger partial charge in [0.05, 0.1) is 11.9 Å². The van der Waals surface area contributed by atoms with Crippen LogP contribution in [0.4, 0.5) is 5.82 Å². The van der Waals surface area contributed by atoms with E-state index in [0.717, 1.165) is 5.69 Å². The summed E-state index contributed by atoms with van der Waals surface area (Å²) in [6.07, 6.45) is 4.40. The normalized spacial score (nSPS) is 10.2. The highest BCUT2D eigenvalue weighted by Gasteiger charge is 2.08. The van der Waals surface area contributed by atoms with Gasteiger partial charge in [-0.05, 0) is 24.6 Å². The van der Waals surface area contributed by atoms with E-state index in [1.54, 1.807) is 35.2 Å². The summed E-state index contributed by atoms with van der Waals surface area (Å²) in [7, 11) is 0. The first-order valence-corrected chi connectivity index (χ1v) is 6.29. The summed E-state index contributed by atoms with van der Waals surface area (Å²) in [4.78, 5) is 11.7. The minimum atomic E-state index is -0.0660. The van der Waals surface area contributed by atoms with E-state index in [9.17, 15) is 4.79 Å². The number of hydrogen-bond acceptors (Lipinski definition) is 2. The van der Waals surface area contributed by atoms with Crippen LogP contribution in [0.25, 0.3) is 5.69 Å². The van der Waals surface area contributed by atoms with Gasteiger partial charge in [-0.25, -0.2) is 4.68 Å². The molecule has 1 amide bonds. The minimum Gasteiger partial charge on any atom is -0.311 e. The summed E-state index contributed by atoms with van der Waals surface area (Å²) in [5, 5.41) is 7.62. The standard InChI is InChI=1S/C14H14ClN3O/c1-2-3-7-14(19)17-13-8-9-16-18(13)12-6-4-5-11(15)10-12/h2,4-6,8-10H,1,3,7H2,(H,17,19). The van der Waals surface area contributed by atoms with Crippen molar-refractivity contribution in [2.24, 2.45) is 0 Å². The van der Waals surface area contributed by atoms with E-state index < -0.39 is 0 Å². The summed E-state index contributed by atoms with van der Waals surface area (Å²) in [6, 6.07) is 9.03. The molecule has 0 aliphatic heterocycles. The van der Waals surface area contributed by atoms with E-state index >= 15 is 0 Å². The van der Waals surface area contributed by atoms with Crippen LogP contribution >= 0.6 is 11.6 Å². The van der Waals surface area contributed by atoms with Crippen molar-refractivity contribution < 1.29 is 4.79 Å². The van der Waals surface area contributed by atoms with E-state index in [2.05, 4.69) is 17.0 Å². The van der Waals surface area contributed by atoms with Gasteiger partial charge in [-0.3, -0.25) is 4.79 Å². The zero-order chi connectivity index (χ0) is 13.7. The zero-order valence-electron chi connectivity index (χ0n) is 10.3. The molecule has 2 rings (SSSR count). The molecule has 0 fully saturated rings. The van der Waals surface area contributed by atoms with Gasteiger partial charge in [0.1, 0.15) is 5.82 Å². The molecule has 5 heteroatoms. The Labute approximate surface area is 116 Å². The number of nitrogens with one attached hydrogen (secondary N) is 1. The van der Waals surface area contributed by atoms with Crippen LogP contribution in [0.3, 0.4) is 0 Å². The Hall–Kier alpha value is -2.07. The molecular weight excluding hydrogens is 262 g/mol. The topological polar surface area (TPSA) is 46.9 Å². The van der Waals surface area contributed by atoms with Crippen molar-refractivity contribution in [3.05, 3.63) is 54.2 Å². The molecule has 0 aliphatic rings. The van der Waals surface area contributed by atoms with Gasteiger partial charge in [-0.1, -0.05) is 23.7 Å². The third-order valence-electron chi connectivity index (χ3n) is 2.54. The number of rotatable bonds is 5. The number of anilines is 1. The number of aromatic nitrogens is 2. The predicted octanol–water partition coefficient (Wildman–Crippen LogP) is 3.43. The van der Waals surface area contributed by atoms with Crippen LogP contribution in [-0.4, -0.2) is 15.7 Å². The van der Waals surface area contributed by atoms with Crippen LogP contribution in [0.15, 0.2) is 49.2 Å². The smallest absolute Gasteiger partial charge is 0.225 e. The Kier molecular flexibility index (Phi) is 4.36. The number of amides is 1. The average Bonchev–Trinajstić information content (AvgIpc) is 2.84. The van der Waals surface area contributed by atoms with Crippen LogP contribution in [0, 0.1) is 0 Å². The number of hydrogen-bond donors (Lipinski definition) is 1. The van der Waals surface area contributed by atoms with Gasteiger partial charge < -0.3 is 5.32 Å². The first-order chi connectivity index (χ1) is 9.20. The summed E-state index contributed by atoms with van der Waals surface area (Å²) in [6.45, 7) is 3.59. The predicted molar refractivity (Wildman–Crippen MR) is 76.6 cm³/mol. The van der Waals surface area contributed by atoms with Gasteiger partial charge in [0.2, 0.25) is 5.91 Å². The molecule has 1 aromatic carbocycles. The molecule has 4 nitrogen and oxygen atoms in total. The summed E-state index contributed by atoms with van der Waals surface area (Å²) in [5.41, 5.74) is 0.802. The Balaban J connectivity index is 2.18. The number of allylic oxidation sites excluding steroid dienone is 1. The van der Waals surface area contributed by atoms with E-state index in [1.165, 1.54) is 0 Å². The second-order valence-corrected chi connectivity index (χ2v) is 4.42. The number of benzene rings is 1. The number of nitrogens with zero attached hydrogens (tertiary/aromatic N) is 2. The zero-order valence-corrected chi connectivity index (χ0v) is 11.1. The monoisotopic (exact) mass is 275 g/mol. The van der Waals surface area contributed by atoms with Gasteiger partial charge in [-0.15, -0.1) is 6.58 Å². The third kappa shape index (κ3) is 3.45. The van der Waals surface area contributed by atoms with E-state index in [-0.39, 0.29) is 5.91 Å². The molecule has 0 saturated carbocycles. The molecule has 1 heterocycles. The maximum atomic E-state index is 11.7. The highest BCUT2D eigenvalue weighted by atomic mass is 35.5. The lowest BCUT2D eigenvalue weighted by Crippen LogP contribution is -2.14. The number of carbonyl (C=O) groups excluding carboxylic acids is 1. The van der Waals surface area contributed by atoms with Crippen LogP contribution < -0.4 is 5.32 Å². The van der Waals surface area contributed by atoms with E-state index in [4.69, 9.17) is 11.6 Å². The maximum Gasteiger partial charge on any atom is 0.225 e. The fourth-order valence-corrected chi connectivity index (χ4v) is 1.83. The molecule has 0 radical (unpaired) electrons. The van der Waals surface area contributed by atoms with E-state index in [0.29, 0.717) is 23.7 Å². The number of carbonyl (C=O) groups is 1. The minimum absolute atomic E-state index is 0.0660. The first-order valence-electron chi connectivity index (χ1n) is 5.91. The van der Waals surface area contributed by atoms with Crippen molar-refractivity contribution in [1.82, 2.24) is 9.78 Å². The molecule has 0 bridgehead atoms. The Bertz CT molecular complexity index is 592. The SMILES string of the molecule is C=CCCC(=O)Nc1ccnn1-c1cccc(Cl)c1. The Morgan fingerprint density at radius 2 is 2.32 bits per heavy atom. The van der Waals surface area contributed by atoms with E-state index in [1.807, 2.05) is 12.1 Å². The Morgan fingerprint density at radius 3 is 3.05 bits per heavy atom.